The minimum Gasteiger partial charge on any atom is -0.490 e. The third-order valence-electron chi connectivity index (χ3n) is 8.68. The Balaban J connectivity index is 1.49. The van der Waals surface area contributed by atoms with Crippen LogP contribution < -0.4 is 4.74 Å². The minimum atomic E-state index is -0.885. The van der Waals surface area contributed by atoms with E-state index in [0.717, 1.165) is 34.3 Å². The predicted molar refractivity (Wildman–Crippen MR) is 175 cm³/mol. The van der Waals surface area contributed by atoms with Crippen LogP contribution >= 0.6 is 11.3 Å². The molecule has 2 amide bonds. The van der Waals surface area contributed by atoms with Gasteiger partial charge in [-0.05, 0) is 55.1 Å². The molecule has 0 saturated heterocycles. The van der Waals surface area contributed by atoms with Gasteiger partial charge >= 0.3 is 0 Å². The second-order valence-electron chi connectivity index (χ2n) is 11.9. The highest BCUT2D eigenvalue weighted by Gasteiger charge is 2.32. The van der Waals surface area contributed by atoms with E-state index in [1.165, 1.54) is 24.3 Å². The molecule has 5 aromatic rings. The van der Waals surface area contributed by atoms with Gasteiger partial charge in [-0.1, -0.05) is 12.6 Å². The Morgan fingerprint density at radius 3 is 2.74 bits per heavy atom. The van der Waals surface area contributed by atoms with Crippen LogP contribution in [0, 0.1) is 11.6 Å². The summed E-state index contributed by atoms with van der Waals surface area (Å²) in [6.07, 6.45) is 0.401. The molecule has 2 aliphatic rings. The number of ether oxygens (including phenoxy) is 1. The number of benzene rings is 2. The number of aliphatic hydroxyl groups excluding tert-OH is 1. The van der Waals surface area contributed by atoms with Crippen LogP contribution in [0.3, 0.4) is 0 Å². The highest BCUT2D eigenvalue weighted by atomic mass is 32.1. The van der Waals surface area contributed by atoms with Gasteiger partial charge in [0.15, 0.2) is 0 Å². The number of pyridine rings is 1. The van der Waals surface area contributed by atoms with Crippen LogP contribution in [0.4, 0.5) is 8.78 Å². The highest BCUT2D eigenvalue weighted by Crippen LogP contribution is 2.47. The standard InChI is InChI=1S/C35H31F2N5O4S/c1-5-29(44)41-9-10-42-27(19(41)3)15-26(39-42)33-31(30-25(37)13-22(36)14-28(30)46-17-18(2)43)34-24(8-11-47-34)32(38-33)20-6-7-23-21(12-20)16-40(4)35(23)45/h5-8,11-15,18-19,43H,1,9-10,16-17H2,2-4H3/t18-,19+/m1/s1. The number of amides is 2. The molecule has 0 fully saturated rings. The number of fused-ring (bicyclic) bond motifs is 3. The molecule has 12 heteroatoms. The Bertz CT molecular complexity index is 2110. The summed E-state index contributed by atoms with van der Waals surface area (Å²) in [4.78, 5) is 33.7. The molecule has 240 valence electrons. The van der Waals surface area contributed by atoms with Gasteiger partial charge in [0.05, 0.1) is 35.6 Å². The first-order chi connectivity index (χ1) is 22.5. The molecule has 0 aliphatic carbocycles. The van der Waals surface area contributed by atoms with E-state index in [2.05, 4.69) is 6.58 Å². The van der Waals surface area contributed by atoms with Crippen LogP contribution in [0.25, 0.3) is 43.9 Å². The normalized spacial score (nSPS) is 16.4. The van der Waals surface area contributed by atoms with Gasteiger partial charge in [-0.3, -0.25) is 14.3 Å². The van der Waals surface area contributed by atoms with E-state index in [-0.39, 0.29) is 35.8 Å². The van der Waals surface area contributed by atoms with Crippen molar-refractivity contribution in [1.82, 2.24) is 24.6 Å². The zero-order valence-corrected chi connectivity index (χ0v) is 26.8. The summed E-state index contributed by atoms with van der Waals surface area (Å²) < 4.78 is 39.0. The lowest BCUT2D eigenvalue weighted by atomic mass is 9.95. The molecule has 2 atom stereocenters. The van der Waals surface area contributed by atoms with Crippen LogP contribution in [0.5, 0.6) is 5.75 Å². The molecule has 0 spiro atoms. The summed E-state index contributed by atoms with van der Waals surface area (Å²) in [6, 6.07) is 10.9. The summed E-state index contributed by atoms with van der Waals surface area (Å²) in [6.45, 7) is 8.21. The first kappa shape index (κ1) is 30.7. The molecule has 3 aromatic heterocycles. The third-order valence-corrected chi connectivity index (χ3v) is 9.61. The number of rotatable bonds is 7. The van der Waals surface area contributed by atoms with Crippen molar-refractivity contribution < 1.29 is 28.2 Å². The first-order valence-corrected chi connectivity index (χ1v) is 16.0. The molecule has 1 N–H and O–H groups in total. The first-order valence-electron chi connectivity index (χ1n) is 15.2. The van der Waals surface area contributed by atoms with Crippen molar-refractivity contribution in [3.05, 3.63) is 89.0 Å². The number of hydrogen-bond donors (Lipinski definition) is 1. The van der Waals surface area contributed by atoms with Crippen molar-refractivity contribution in [2.75, 3.05) is 20.2 Å². The Morgan fingerprint density at radius 1 is 1.17 bits per heavy atom. The molecule has 0 unspecified atom stereocenters. The van der Waals surface area contributed by atoms with E-state index >= 15 is 4.39 Å². The van der Waals surface area contributed by atoms with Crippen LogP contribution in [0.2, 0.25) is 0 Å². The zero-order chi connectivity index (χ0) is 33.1. The lowest BCUT2D eigenvalue weighted by Gasteiger charge is -2.33. The van der Waals surface area contributed by atoms with Crippen molar-refractivity contribution in [2.24, 2.45) is 0 Å². The summed E-state index contributed by atoms with van der Waals surface area (Å²) in [7, 11) is 1.75. The van der Waals surface area contributed by atoms with Crippen LogP contribution in [0.1, 0.15) is 41.5 Å². The van der Waals surface area contributed by atoms with Gasteiger partial charge in [0.1, 0.15) is 35.4 Å². The average Bonchev–Trinajstić information content (AvgIpc) is 3.77. The second kappa shape index (κ2) is 11.7. The van der Waals surface area contributed by atoms with Gasteiger partial charge in [0.2, 0.25) is 5.91 Å². The number of carbonyl (C=O) groups is 2. The Kier molecular flexibility index (Phi) is 7.64. The summed E-state index contributed by atoms with van der Waals surface area (Å²) in [5, 5.41) is 17.5. The van der Waals surface area contributed by atoms with Gasteiger partial charge < -0.3 is 19.6 Å². The highest BCUT2D eigenvalue weighted by molar-refractivity contribution is 7.18. The number of thiophene rings is 1. The van der Waals surface area contributed by atoms with Crippen LogP contribution in [-0.4, -0.2) is 67.8 Å². The third kappa shape index (κ3) is 5.17. The fourth-order valence-corrected chi connectivity index (χ4v) is 7.38. The Hall–Kier alpha value is -4.94. The molecule has 2 aromatic carbocycles. The lowest BCUT2D eigenvalue weighted by Crippen LogP contribution is -2.40. The quantitative estimate of drug-likeness (QED) is 0.210. The predicted octanol–water partition coefficient (Wildman–Crippen LogP) is 6.21. The molecule has 47 heavy (non-hydrogen) atoms. The number of aliphatic hydroxyl groups is 1. The molecule has 0 saturated carbocycles. The maximum Gasteiger partial charge on any atom is 0.254 e. The number of aromatic nitrogens is 3. The molecule has 9 nitrogen and oxygen atoms in total. The second-order valence-corrected chi connectivity index (χ2v) is 12.8. The van der Waals surface area contributed by atoms with Gasteiger partial charge in [0, 0.05) is 59.0 Å². The van der Waals surface area contributed by atoms with E-state index in [9.17, 15) is 19.1 Å². The van der Waals surface area contributed by atoms with E-state index in [4.69, 9.17) is 14.8 Å². The number of carbonyl (C=O) groups excluding carboxylic acids is 2. The minimum absolute atomic E-state index is 0.00259. The molecular weight excluding hydrogens is 624 g/mol. The van der Waals surface area contributed by atoms with E-state index in [1.54, 1.807) is 22.9 Å². The van der Waals surface area contributed by atoms with Crippen molar-refractivity contribution in [1.29, 1.82) is 0 Å². The topological polar surface area (TPSA) is 101 Å². The van der Waals surface area contributed by atoms with Crippen LogP contribution in [-0.2, 0) is 17.9 Å². The molecule has 2 aliphatic heterocycles. The van der Waals surface area contributed by atoms with Crippen molar-refractivity contribution in [2.45, 2.75) is 39.1 Å². The summed E-state index contributed by atoms with van der Waals surface area (Å²) in [5.74, 6) is -1.99. The average molecular weight is 656 g/mol. The van der Waals surface area contributed by atoms with Crippen molar-refractivity contribution in [3.8, 4) is 39.5 Å². The SMILES string of the molecule is C=CC(=O)N1CCn2nc(-c3nc(-c4ccc5c(c4)CN(C)C5=O)c4ccsc4c3-c3c(F)cc(F)cc3OC[C@@H](C)O)cc2[C@@H]1C. The van der Waals surface area contributed by atoms with E-state index in [1.807, 2.05) is 41.3 Å². The molecular formula is C35H31F2N5O4S. The summed E-state index contributed by atoms with van der Waals surface area (Å²) in [5.41, 5.74) is 4.81. The molecule has 5 heterocycles. The zero-order valence-electron chi connectivity index (χ0n) is 26.0. The maximum absolute atomic E-state index is 16.0. The van der Waals surface area contributed by atoms with Crippen LogP contribution in [0.15, 0.2) is 60.5 Å². The fraction of sp³-hybridized carbons (Fsp3) is 0.257. The van der Waals surface area contributed by atoms with E-state index < -0.39 is 17.7 Å². The van der Waals surface area contributed by atoms with Gasteiger partial charge in [-0.25, -0.2) is 13.8 Å². The van der Waals surface area contributed by atoms with E-state index in [0.29, 0.717) is 52.5 Å². The van der Waals surface area contributed by atoms with Gasteiger partial charge in [0.25, 0.3) is 5.91 Å². The summed E-state index contributed by atoms with van der Waals surface area (Å²) >= 11 is 1.38. The largest absolute Gasteiger partial charge is 0.490 e. The maximum atomic E-state index is 16.0. The lowest BCUT2D eigenvalue weighted by molar-refractivity contribution is -0.129. The molecule has 0 radical (unpaired) electrons. The fourth-order valence-electron chi connectivity index (χ4n) is 6.43. The Morgan fingerprint density at radius 2 is 1.98 bits per heavy atom. The van der Waals surface area contributed by atoms with Gasteiger partial charge in [-0.2, -0.15) is 5.10 Å². The number of nitrogens with zero attached hydrogens (tertiary/aromatic N) is 5. The number of hydrogen-bond acceptors (Lipinski definition) is 7. The number of halogens is 2. The van der Waals surface area contributed by atoms with Gasteiger partial charge in [-0.15, -0.1) is 11.3 Å². The Labute approximate surface area is 273 Å². The molecule has 7 rings (SSSR count). The van der Waals surface area contributed by atoms with Crippen molar-refractivity contribution in [3.63, 3.8) is 0 Å². The smallest absolute Gasteiger partial charge is 0.254 e. The van der Waals surface area contributed by atoms with Crippen molar-refractivity contribution >= 4 is 33.2 Å². The monoisotopic (exact) mass is 655 g/mol. The molecule has 0 bridgehead atoms.